The molecule has 0 aromatic heterocycles. The van der Waals surface area contributed by atoms with Gasteiger partial charge in [-0.15, -0.1) is 0 Å². The van der Waals surface area contributed by atoms with Crippen LogP contribution >= 0.6 is 11.6 Å². The van der Waals surface area contributed by atoms with Crippen LogP contribution in [-0.4, -0.2) is 25.5 Å². The second kappa shape index (κ2) is 6.34. The summed E-state index contributed by atoms with van der Waals surface area (Å²) in [4.78, 5) is 11.0. The van der Waals surface area contributed by atoms with Gasteiger partial charge < -0.3 is 5.11 Å². The highest BCUT2D eigenvalue weighted by Crippen LogP contribution is 2.34. The molecule has 1 unspecified atom stereocenters. The van der Waals surface area contributed by atoms with Crippen LogP contribution in [0.15, 0.2) is 23.1 Å². The molecular formula is C14H18ClNO4S. The number of rotatable bonds is 7. The van der Waals surface area contributed by atoms with Crippen molar-refractivity contribution in [2.24, 2.45) is 5.92 Å². The van der Waals surface area contributed by atoms with Gasteiger partial charge >= 0.3 is 5.97 Å². The molecule has 1 aromatic rings. The fourth-order valence-corrected chi connectivity index (χ4v) is 3.73. The number of sulfonamides is 1. The molecule has 0 heterocycles. The van der Waals surface area contributed by atoms with E-state index in [-0.39, 0.29) is 21.5 Å². The molecule has 7 heteroatoms. The fourth-order valence-electron chi connectivity index (χ4n) is 2.18. The van der Waals surface area contributed by atoms with Gasteiger partial charge in [-0.1, -0.05) is 31.4 Å². The van der Waals surface area contributed by atoms with Crippen LogP contribution in [-0.2, 0) is 10.0 Å². The van der Waals surface area contributed by atoms with E-state index in [1.807, 2.05) is 6.92 Å². The summed E-state index contributed by atoms with van der Waals surface area (Å²) >= 11 is 5.76. The van der Waals surface area contributed by atoms with Gasteiger partial charge in [0.2, 0.25) is 10.0 Å². The molecule has 0 radical (unpaired) electrons. The van der Waals surface area contributed by atoms with Crippen LogP contribution in [0.5, 0.6) is 0 Å². The number of nitrogens with one attached hydrogen (secondary N) is 1. The van der Waals surface area contributed by atoms with Crippen LogP contribution in [0, 0.1) is 5.92 Å². The number of hydrogen-bond donors (Lipinski definition) is 2. The van der Waals surface area contributed by atoms with Crippen LogP contribution in [0.25, 0.3) is 0 Å². The third kappa shape index (κ3) is 4.18. The van der Waals surface area contributed by atoms with Gasteiger partial charge in [-0.3, -0.25) is 0 Å². The van der Waals surface area contributed by atoms with Crippen LogP contribution in [0.1, 0.15) is 43.0 Å². The Balaban J connectivity index is 2.21. The number of hydrogen-bond acceptors (Lipinski definition) is 3. The zero-order chi connectivity index (χ0) is 15.6. The van der Waals surface area contributed by atoms with Gasteiger partial charge in [-0.25, -0.2) is 17.9 Å². The average molecular weight is 332 g/mol. The van der Waals surface area contributed by atoms with Crippen molar-refractivity contribution in [2.75, 3.05) is 0 Å². The van der Waals surface area contributed by atoms with E-state index in [2.05, 4.69) is 4.72 Å². The molecule has 5 nitrogen and oxygen atoms in total. The van der Waals surface area contributed by atoms with Crippen molar-refractivity contribution in [1.29, 1.82) is 0 Å². The second-order valence-electron chi connectivity index (χ2n) is 5.35. The van der Waals surface area contributed by atoms with E-state index in [0.717, 1.165) is 25.3 Å². The van der Waals surface area contributed by atoms with E-state index in [1.54, 1.807) is 0 Å². The van der Waals surface area contributed by atoms with Gasteiger partial charge in [0, 0.05) is 6.04 Å². The van der Waals surface area contributed by atoms with Crippen molar-refractivity contribution in [3.05, 3.63) is 28.8 Å². The molecule has 1 aliphatic rings. The molecule has 116 valence electrons. The van der Waals surface area contributed by atoms with Crippen LogP contribution in [0.4, 0.5) is 0 Å². The van der Waals surface area contributed by atoms with Crippen LogP contribution in [0.3, 0.4) is 0 Å². The maximum atomic E-state index is 12.3. The van der Waals surface area contributed by atoms with Crippen molar-refractivity contribution < 1.29 is 18.3 Å². The van der Waals surface area contributed by atoms with Gasteiger partial charge in [-0.2, -0.15) is 0 Å². The first kappa shape index (κ1) is 16.3. The molecular weight excluding hydrogens is 314 g/mol. The number of benzene rings is 1. The number of aromatic carboxylic acids is 1. The van der Waals surface area contributed by atoms with Gasteiger partial charge in [0.15, 0.2) is 0 Å². The Kier molecular flexibility index (Phi) is 4.91. The Bertz CT molecular complexity index is 640. The summed E-state index contributed by atoms with van der Waals surface area (Å²) in [5.41, 5.74) is -0.213. The Morgan fingerprint density at radius 1 is 1.48 bits per heavy atom. The van der Waals surface area contributed by atoms with E-state index in [4.69, 9.17) is 16.7 Å². The Morgan fingerprint density at radius 2 is 2.14 bits per heavy atom. The zero-order valence-corrected chi connectivity index (χ0v) is 13.2. The quantitative estimate of drug-likeness (QED) is 0.804. The van der Waals surface area contributed by atoms with Crippen molar-refractivity contribution in [3.63, 3.8) is 0 Å². The summed E-state index contributed by atoms with van der Waals surface area (Å²) < 4.78 is 27.3. The lowest BCUT2D eigenvalue weighted by Crippen LogP contribution is -2.34. The second-order valence-corrected chi connectivity index (χ2v) is 7.47. The Morgan fingerprint density at radius 3 is 2.67 bits per heavy atom. The average Bonchev–Trinajstić information content (AvgIpc) is 3.21. The molecule has 21 heavy (non-hydrogen) atoms. The lowest BCUT2D eigenvalue weighted by molar-refractivity contribution is 0.0697. The first-order chi connectivity index (χ1) is 9.83. The molecule has 0 spiro atoms. The smallest absolute Gasteiger partial charge is 0.337 e. The predicted molar refractivity (Wildman–Crippen MR) is 80.2 cm³/mol. The SMILES string of the molecule is CCC(CC1CC1)NS(=O)(=O)c1ccc(Cl)c(C(=O)O)c1. The van der Waals surface area contributed by atoms with Crippen molar-refractivity contribution in [1.82, 2.24) is 4.72 Å². The molecule has 1 saturated carbocycles. The molecule has 1 aromatic carbocycles. The minimum absolute atomic E-state index is 0.0199. The van der Waals surface area contributed by atoms with E-state index in [1.165, 1.54) is 12.1 Å². The summed E-state index contributed by atoms with van der Waals surface area (Å²) in [6.07, 6.45) is 3.84. The summed E-state index contributed by atoms with van der Waals surface area (Å²) in [7, 11) is -3.73. The third-order valence-electron chi connectivity index (χ3n) is 3.61. The van der Waals surface area contributed by atoms with Crippen molar-refractivity contribution in [2.45, 2.75) is 43.5 Å². The molecule has 0 aliphatic heterocycles. The van der Waals surface area contributed by atoms with E-state index in [9.17, 15) is 13.2 Å². The lowest BCUT2D eigenvalue weighted by Gasteiger charge is -2.17. The van der Waals surface area contributed by atoms with E-state index >= 15 is 0 Å². The standard InChI is InChI=1S/C14H18ClNO4S/c1-2-10(7-9-3-4-9)16-21(19,20)11-5-6-13(15)12(8-11)14(17)18/h5-6,8-10,16H,2-4,7H2,1H3,(H,17,18). The van der Waals surface area contributed by atoms with Gasteiger partial charge in [-0.05, 0) is 37.0 Å². The number of carbonyl (C=O) groups is 1. The molecule has 0 saturated heterocycles. The van der Waals surface area contributed by atoms with Crippen molar-refractivity contribution in [3.8, 4) is 0 Å². The molecule has 1 fully saturated rings. The molecule has 0 bridgehead atoms. The summed E-state index contributed by atoms with van der Waals surface area (Å²) in [6.45, 7) is 1.93. The van der Waals surface area contributed by atoms with E-state index in [0.29, 0.717) is 12.3 Å². The largest absolute Gasteiger partial charge is 0.478 e. The lowest BCUT2D eigenvalue weighted by atomic mass is 10.1. The normalized spacial score (nSPS) is 16.7. The van der Waals surface area contributed by atoms with Gasteiger partial charge in [0.25, 0.3) is 0 Å². The Hall–Kier alpha value is -1.11. The highest BCUT2D eigenvalue weighted by Gasteiger charge is 2.28. The monoisotopic (exact) mass is 331 g/mol. The summed E-state index contributed by atoms with van der Waals surface area (Å²) in [5.74, 6) is -0.639. The minimum Gasteiger partial charge on any atom is -0.478 e. The van der Waals surface area contributed by atoms with Crippen LogP contribution in [0.2, 0.25) is 5.02 Å². The Labute approximate surface area is 129 Å². The summed E-state index contributed by atoms with van der Waals surface area (Å²) in [6, 6.07) is 3.59. The summed E-state index contributed by atoms with van der Waals surface area (Å²) in [5, 5.41) is 9.03. The predicted octanol–water partition coefficient (Wildman–Crippen LogP) is 2.90. The zero-order valence-electron chi connectivity index (χ0n) is 11.7. The minimum atomic E-state index is -3.73. The van der Waals surface area contributed by atoms with Crippen LogP contribution < -0.4 is 4.72 Å². The number of carboxylic acid groups (broad SMARTS) is 1. The fraction of sp³-hybridized carbons (Fsp3) is 0.500. The van der Waals surface area contributed by atoms with Crippen molar-refractivity contribution >= 4 is 27.6 Å². The van der Waals surface area contributed by atoms with E-state index < -0.39 is 16.0 Å². The molecule has 1 aliphatic carbocycles. The van der Waals surface area contributed by atoms with Gasteiger partial charge in [0.1, 0.15) is 0 Å². The maximum absolute atomic E-state index is 12.3. The molecule has 2 N–H and O–H groups in total. The van der Waals surface area contributed by atoms with Gasteiger partial charge in [0.05, 0.1) is 15.5 Å². The maximum Gasteiger partial charge on any atom is 0.337 e. The molecule has 1 atom stereocenters. The first-order valence-corrected chi connectivity index (χ1v) is 8.74. The molecule has 0 amide bonds. The number of carboxylic acids is 1. The topological polar surface area (TPSA) is 83.5 Å². The highest BCUT2D eigenvalue weighted by atomic mass is 35.5. The first-order valence-electron chi connectivity index (χ1n) is 6.88. The molecule has 2 rings (SSSR count). The number of halogens is 1. The highest BCUT2D eigenvalue weighted by molar-refractivity contribution is 7.89. The third-order valence-corrected chi connectivity index (χ3v) is 5.46.